The summed E-state index contributed by atoms with van der Waals surface area (Å²) in [5, 5.41) is 9.80. The fourth-order valence-corrected chi connectivity index (χ4v) is 5.20. The molecule has 1 fully saturated rings. The zero-order valence-electron chi connectivity index (χ0n) is 18.3. The van der Waals surface area contributed by atoms with Crippen LogP contribution in [0.1, 0.15) is 64.5 Å². The van der Waals surface area contributed by atoms with Crippen molar-refractivity contribution in [2.75, 3.05) is 5.32 Å². The van der Waals surface area contributed by atoms with Crippen LogP contribution in [0.2, 0.25) is 0 Å². The first-order chi connectivity index (χ1) is 15.2. The monoisotopic (exact) mass is 454 g/mol. The van der Waals surface area contributed by atoms with Crippen LogP contribution in [0.5, 0.6) is 0 Å². The number of anilines is 1. The van der Waals surface area contributed by atoms with Gasteiger partial charge in [-0.15, -0.1) is 11.3 Å². The number of amides is 5. The Balaban J connectivity index is 1.39. The second-order valence-electron chi connectivity index (χ2n) is 8.48. The molecule has 5 amide bonds. The predicted octanol–water partition coefficient (Wildman–Crippen LogP) is 3.26. The molecule has 168 valence electrons. The number of benzene rings is 1. The molecule has 0 radical (unpaired) electrons. The number of aryl methyl sites for hydroxylation is 1. The lowest BCUT2D eigenvalue weighted by atomic mass is 9.97. The fourth-order valence-electron chi connectivity index (χ4n) is 4.23. The molecule has 1 aromatic carbocycles. The first kappa shape index (κ1) is 22.0. The number of hydrogen-bond donors (Lipinski definition) is 3. The molecule has 2 aliphatic rings. The molecule has 0 spiro atoms. The highest BCUT2D eigenvalue weighted by Gasteiger charge is 2.40. The van der Waals surface area contributed by atoms with Crippen LogP contribution in [0, 0.1) is 6.92 Å². The number of carbonyl (C=O) groups excluding carboxylic acids is 4. The molecule has 0 saturated carbocycles. The van der Waals surface area contributed by atoms with Gasteiger partial charge in [-0.25, -0.2) is 4.79 Å². The van der Waals surface area contributed by atoms with Gasteiger partial charge in [0.15, 0.2) is 0 Å². The van der Waals surface area contributed by atoms with Gasteiger partial charge < -0.3 is 15.5 Å². The number of imide groups is 1. The van der Waals surface area contributed by atoms with Gasteiger partial charge in [-0.3, -0.25) is 19.7 Å². The fraction of sp³-hybridized carbons (Fsp3) is 0.391. The standard InChI is InChI=1S/C23H26N4O4S/c1-12(2)15-8-14(5-4-13(15)3)25-23(31)24-9-19-16-10-27(22(30)17(16)11-32-19)18-6-7-20(28)26-21(18)29/h4-5,8,11-12,18H,6-7,9-10H2,1-3H3,(H2,24,25,31)(H,26,28,29). The van der Waals surface area contributed by atoms with Gasteiger partial charge in [-0.05, 0) is 48.1 Å². The van der Waals surface area contributed by atoms with Crippen LogP contribution < -0.4 is 16.0 Å². The quantitative estimate of drug-likeness (QED) is 0.603. The van der Waals surface area contributed by atoms with Crippen molar-refractivity contribution in [1.29, 1.82) is 0 Å². The molecule has 4 rings (SSSR count). The Morgan fingerprint density at radius 3 is 2.78 bits per heavy atom. The summed E-state index contributed by atoms with van der Waals surface area (Å²) in [5.74, 6) is -0.584. The van der Waals surface area contributed by atoms with E-state index in [2.05, 4.69) is 36.7 Å². The maximum atomic E-state index is 12.8. The Labute approximate surface area is 190 Å². The summed E-state index contributed by atoms with van der Waals surface area (Å²) in [4.78, 5) is 51.2. The van der Waals surface area contributed by atoms with Crippen molar-refractivity contribution in [1.82, 2.24) is 15.5 Å². The Hall–Kier alpha value is -3.20. The maximum absolute atomic E-state index is 12.8. The van der Waals surface area contributed by atoms with Gasteiger partial charge in [-0.2, -0.15) is 0 Å². The van der Waals surface area contributed by atoms with E-state index in [1.165, 1.54) is 27.4 Å². The minimum atomic E-state index is -0.640. The molecule has 9 heteroatoms. The van der Waals surface area contributed by atoms with Crippen LogP contribution in [0.3, 0.4) is 0 Å². The van der Waals surface area contributed by atoms with Crippen molar-refractivity contribution >= 4 is 40.8 Å². The largest absolute Gasteiger partial charge is 0.333 e. The van der Waals surface area contributed by atoms with Crippen molar-refractivity contribution in [3.63, 3.8) is 0 Å². The van der Waals surface area contributed by atoms with Crippen LogP contribution in [-0.2, 0) is 22.7 Å². The molecule has 2 aromatic rings. The average molecular weight is 455 g/mol. The van der Waals surface area contributed by atoms with E-state index in [0.29, 0.717) is 24.4 Å². The summed E-state index contributed by atoms with van der Waals surface area (Å²) in [5.41, 5.74) is 4.50. The molecule has 0 aliphatic carbocycles. The van der Waals surface area contributed by atoms with E-state index in [4.69, 9.17) is 0 Å². The van der Waals surface area contributed by atoms with Gasteiger partial charge in [-0.1, -0.05) is 19.9 Å². The average Bonchev–Trinajstić information content (AvgIpc) is 3.28. The van der Waals surface area contributed by atoms with Crippen molar-refractivity contribution in [3.05, 3.63) is 50.7 Å². The summed E-state index contributed by atoms with van der Waals surface area (Å²) >= 11 is 1.42. The van der Waals surface area contributed by atoms with Crippen LogP contribution in [0.4, 0.5) is 10.5 Å². The normalized spacial score (nSPS) is 18.1. The molecule has 32 heavy (non-hydrogen) atoms. The first-order valence-electron chi connectivity index (χ1n) is 10.6. The van der Waals surface area contributed by atoms with E-state index in [0.717, 1.165) is 16.1 Å². The number of nitrogens with one attached hydrogen (secondary N) is 3. The predicted molar refractivity (Wildman–Crippen MR) is 121 cm³/mol. The van der Waals surface area contributed by atoms with Crippen LogP contribution in [0.15, 0.2) is 23.6 Å². The number of fused-ring (bicyclic) bond motifs is 1. The minimum Gasteiger partial charge on any atom is -0.333 e. The van der Waals surface area contributed by atoms with E-state index in [-0.39, 0.29) is 30.8 Å². The SMILES string of the molecule is Cc1ccc(NC(=O)NCc2scc3c2CN(C2CCC(=O)NC2=O)C3=O)cc1C(C)C. The Bertz CT molecular complexity index is 1110. The zero-order valence-corrected chi connectivity index (χ0v) is 19.1. The molecule has 1 saturated heterocycles. The number of rotatable bonds is 5. The second kappa shape index (κ2) is 8.74. The lowest BCUT2D eigenvalue weighted by molar-refractivity contribution is -0.136. The highest BCUT2D eigenvalue weighted by Crippen LogP contribution is 2.33. The summed E-state index contributed by atoms with van der Waals surface area (Å²) in [6, 6.07) is 4.89. The molecular weight excluding hydrogens is 428 g/mol. The lowest BCUT2D eigenvalue weighted by Gasteiger charge is -2.29. The molecule has 1 aromatic heterocycles. The summed E-state index contributed by atoms with van der Waals surface area (Å²) in [6.07, 6.45) is 0.550. The number of nitrogens with zero attached hydrogens (tertiary/aromatic N) is 1. The summed E-state index contributed by atoms with van der Waals surface area (Å²) in [6.45, 7) is 6.87. The first-order valence-corrected chi connectivity index (χ1v) is 11.5. The van der Waals surface area contributed by atoms with E-state index in [1.54, 1.807) is 5.38 Å². The van der Waals surface area contributed by atoms with Gasteiger partial charge in [0.2, 0.25) is 11.8 Å². The highest BCUT2D eigenvalue weighted by molar-refractivity contribution is 7.10. The minimum absolute atomic E-state index is 0.206. The second-order valence-corrected chi connectivity index (χ2v) is 9.45. The number of thiophene rings is 1. The Morgan fingerprint density at radius 2 is 2.06 bits per heavy atom. The van der Waals surface area contributed by atoms with Gasteiger partial charge in [0, 0.05) is 28.9 Å². The number of piperidine rings is 1. The van der Waals surface area contributed by atoms with E-state index < -0.39 is 11.9 Å². The number of carbonyl (C=O) groups is 4. The smallest absolute Gasteiger partial charge is 0.319 e. The van der Waals surface area contributed by atoms with Crippen molar-refractivity contribution in [3.8, 4) is 0 Å². The zero-order chi connectivity index (χ0) is 23.0. The van der Waals surface area contributed by atoms with Crippen molar-refractivity contribution in [2.24, 2.45) is 0 Å². The van der Waals surface area contributed by atoms with Crippen LogP contribution in [0.25, 0.3) is 0 Å². The molecule has 1 atom stereocenters. The van der Waals surface area contributed by atoms with Gasteiger partial charge >= 0.3 is 6.03 Å². The third kappa shape index (κ3) is 4.25. The molecule has 3 N–H and O–H groups in total. The molecule has 2 aliphatic heterocycles. The maximum Gasteiger partial charge on any atom is 0.319 e. The van der Waals surface area contributed by atoms with Crippen LogP contribution in [-0.4, -0.2) is 34.7 Å². The Morgan fingerprint density at radius 1 is 1.28 bits per heavy atom. The van der Waals surface area contributed by atoms with Crippen LogP contribution >= 0.6 is 11.3 Å². The third-order valence-corrected chi connectivity index (χ3v) is 6.98. The molecule has 8 nitrogen and oxygen atoms in total. The topological polar surface area (TPSA) is 108 Å². The lowest BCUT2D eigenvalue weighted by Crippen LogP contribution is -2.52. The van der Waals surface area contributed by atoms with Gasteiger partial charge in [0.25, 0.3) is 5.91 Å². The molecule has 0 bridgehead atoms. The van der Waals surface area contributed by atoms with Gasteiger partial charge in [0.1, 0.15) is 6.04 Å². The van der Waals surface area contributed by atoms with E-state index >= 15 is 0 Å². The summed E-state index contributed by atoms with van der Waals surface area (Å²) in [7, 11) is 0. The highest BCUT2D eigenvalue weighted by atomic mass is 32.1. The van der Waals surface area contributed by atoms with Crippen molar-refractivity contribution < 1.29 is 19.2 Å². The summed E-state index contributed by atoms with van der Waals surface area (Å²) < 4.78 is 0. The van der Waals surface area contributed by atoms with E-state index in [9.17, 15) is 19.2 Å². The van der Waals surface area contributed by atoms with E-state index in [1.807, 2.05) is 18.2 Å². The number of urea groups is 1. The molecule has 3 heterocycles. The Kier molecular flexibility index (Phi) is 6.01. The molecule has 1 unspecified atom stereocenters. The van der Waals surface area contributed by atoms with Gasteiger partial charge in [0.05, 0.1) is 12.1 Å². The van der Waals surface area contributed by atoms with Crippen molar-refractivity contribution in [2.45, 2.75) is 58.7 Å². The third-order valence-electron chi connectivity index (χ3n) is 5.96. The molecular formula is C23H26N4O4S. The number of hydrogen-bond acceptors (Lipinski definition) is 5.